The van der Waals surface area contributed by atoms with Gasteiger partial charge >= 0.3 is 5.63 Å². The summed E-state index contributed by atoms with van der Waals surface area (Å²) >= 11 is 5.81. The molecule has 0 radical (unpaired) electrons. The maximum atomic E-state index is 12.1. The fourth-order valence-corrected chi connectivity index (χ4v) is 2.77. The van der Waals surface area contributed by atoms with Crippen LogP contribution in [-0.2, 0) is 6.42 Å². The molecule has 0 fully saturated rings. The molecule has 0 atom stereocenters. The Morgan fingerprint density at radius 2 is 1.88 bits per heavy atom. The summed E-state index contributed by atoms with van der Waals surface area (Å²) in [5.74, 6) is 0.324. The van der Waals surface area contributed by atoms with Crippen LogP contribution in [0.2, 0.25) is 5.02 Å². The van der Waals surface area contributed by atoms with Crippen molar-refractivity contribution in [1.29, 1.82) is 0 Å². The van der Waals surface area contributed by atoms with E-state index in [0.717, 1.165) is 23.8 Å². The summed E-state index contributed by atoms with van der Waals surface area (Å²) in [5, 5.41) is 1.46. The van der Waals surface area contributed by atoms with Crippen molar-refractivity contribution in [2.24, 2.45) is 0 Å². The van der Waals surface area contributed by atoms with Crippen LogP contribution in [0.4, 0.5) is 0 Å². The monoisotopic (exact) mass is 356 g/mol. The van der Waals surface area contributed by atoms with Crippen molar-refractivity contribution in [3.05, 3.63) is 75.1 Å². The average Bonchev–Trinajstić information content (AvgIpc) is 2.60. The fourth-order valence-electron chi connectivity index (χ4n) is 2.64. The molecule has 5 heteroatoms. The minimum Gasteiger partial charge on any atom is -0.485 e. The van der Waals surface area contributed by atoms with Crippen molar-refractivity contribution in [2.45, 2.75) is 19.8 Å². The molecule has 25 heavy (non-hydrogen) atoms. The molecule has 0 saturated heterocycles. The number of rotatable bonds is 6. The highest BCUT2D eigenvalue weighted by atomic mass is 35.5. The zero-order valence-electron chi connectivity index (χ0n) is 13.8. The molecule has 0 aliphatic rings. The summed E-state index contributed by atoms with van der Waals surface area (Å²) in [5.41, 5.74) is 1.57. The molecule has 1 heterocycles. The molecule has 0 bridgehead atoms. The molecule has 2 aromatic carbocycles. The largest absolute Gasteiger partial charge is 0.485 e. The SMILES string of the molecule is CCCc1cc(=O)oc2cc(OCC(=O)c3ccc(Cl)cc3)ccc12. The lowest BCUT2D eigenvalue weighted by molar-refractivity contribution is 0.0921. The first kappa shape index (κ1) is 17.2. The maximum Gasteiger partial charge on any atom is 0.336 e. The molecule has 128 valence electrons. The van der Waals surface area contributed by atoms with Crippen LogP contribution in [0.5, 0.6) is 5.75 Å². The molecule has 0 aliphatic carbocycles. The second-order valence-corrected chi connectivity index (χ2v) is 6.15. The van der Waals surface area contributed by atoms with Crippen molar-refractivity contribution in [3.8, 4) is 5.75 Å². The average molecular weight is 357 g/mol. The number of ether oxygens (including phenoxy) is 1. The number of fused-ring (bicyclic) bond motifs is 1. The zero-order valence-corrected chi connectivity index (χ0v) is 14.5. The van der Waals surface area contributed by atoms with Crippen LogP contribution < -0.4 is 10.4 Å². The van der Waals surface area contributed by atoms with Crippen LogP contribution in [0, 0.1) is 0 Å². The van der Waals surface area contributed by atoms with Crippen molar-refractivity contribution in [3.63, 3.8) is 0 Å². The van der Waals surface area contributed by atoms with Crippen LogP contribution in [0.25, 0.3) is 11.0 Å². The van der Waals surface area contributed by atoms with Gasteiger partial charge in [0.2, 0.25) is 0 Å². The summed E-state index contributed by atoms with van der Waals surface area (Å²) < 4.78 is 10.8. The number of ketones is 1. The van der Waals surface area contributed by atoms with Crippen molar-refractivity contribution in [2.75, 3.05) is 6.61 Å². The molecule has 0 unspecified atom stereocenters. The van der Waals surface area contributed by atoms with E-state index in [1.54, 1.807) is 36.4 Å². The third-order valence-electron chi connectivity index (χ3n) is 3.86. The minimum atomic E-state index is -0.384. The van der Waals surface area contributed by atoms with E-state index < -0.39 is 0 Å². The molecular weight excluding hydrogens is 340 g/mol. The van der Waals surface area contributed by atoms with Crippen LogP contribution in [0.3, 0.4) is 0 Å². The molecule has 1 aromatic heterocycles. The van der Waals surface area contributed by atoms with Crippen LogP contribution in [-0.4, -0.2) is 12.4 Å². The van der Waals surface area contributed by atoms with Crippen LogP contribution >= 0.6 is 11.6 Å². The third kappa shape index (κ3) is 4.09. The molecule has 0 aliphatic heterocycles. The summed E-state index contributed by atoms with van der Waals surface area (Å²) in [4.78, 5) is 23.8. The number of carbonyl (C=O) groups excluding carboxylic acids is 1. The third-order valence-corrected chi connectivity index (χ3v) is 4.11. The van der Waals surface area contributed by atoms with E-state index in [-0.39, 0.29) is 18.0 Å². The van der Waals surface area contributed by atoms with Crippen LogP contribution in [0.15, 0.2) is 57.7 Å². The van der Waals surface area contributed by atoms with Crippen molar-refractivity contribution < 1.29 is 13.9 Å². The van der Waals surface area contributed by atoms with Gasteiger partial charge in [-0.05, 0) is 48.4 Å². The number of hydrogen-bond acceptors (Lipinski definition) is 4. The van der Waals surface area contributed by atoms with Crippen molar-refractivity contribution in [1.82, 2.24) is 0 Å². The second-order valence-electron chi connectivity index (χ2n) is 5.72. The first-order valence-electron chi connectivity index (χ1n) is 8.05. The summed E-state index contributed by atoms with van der Waals surface area (Å²) in [7, 11) is 0. The van der Waals surface area contributed by atoms with E-state index in [0.29, 0.717) is 21.9 Å². The Labute approximate surface area is 150 Å². The van der Waals surface area contributed by atoms with E-state index in [1.165, 1.54) is 6.07 Å². The normalized spacial score (nSPS) is 10.8. The summed E-state index contributed by atoms with van der Waals surface area (Å²) in [6.07, 6.45) is 1.74. The Kier molecular flexibility index (Phi) is 5.19. The fraction of sp³-hybridized carbons (Fsp3) is 0.200. The molecule has 0 saturated carbocycles. The molecular formula is C20H17ClO4. The van der Waals surface area contributed by atoms with Gasteiger partial charge in [0.1, 0.15) is 11.3 Å². The van der Waals surface area contributed by atoms with Gasteiger partial charge in [-0.1, -0.05) is 24.9 Å². The molecule has 0 amide bonds. The minimum absolute atomic E-state index is 0.105. The van der Waals surface area contributed by atoms with E-state index in [4.69, 9.17) is 20.8 Å². The standard InChI is InChI=1S/C20H17ClO4/c1-2-3-14-10-20(23)25-19-11-16(8-9-17(14)19)24-12-18(22)13-4-6-15(21)7-5-13/h4-11H,2-3,12H2,1H3. The predicted molar refractivity (Wildman–Crippen MR) is 97.8 cm³/mol. The van der Waals surface area contributed by atoms with Gasteiger partial charge in [-0.25, -0.2) is 4.79 Å². The quantitative estimate of drug-likeness (QED) is 0.476. The lowest BCUT2D eigenvalue weighted by atomic mass is 10.1. The van der Waals surface area contributed by atoms with Gasteiger partial charge < -0.3 is 9.15 Å². The topological polar surface area (TPSA) is 56.5 Å². The Morgan fingerprint density at radius 1 is 1.12 bits per heavy atom. The Morgan fingerprint density at radius 3 is 2.60 bits per heavy atom. The first-order valence-corrected chi connectivity index (χ1v) is 8.43. The van der Waals surface area contributed by atoms with Gasteiger partial charge in [0.05, 0.1) is 0 Å². The van der Waals surface area contributed by atoms with Gasteiger partial charge in [-0.3, -0.25) is 4.79 Å². The molecule has 3 rings (SSSR count). The van der Waals surface area contributed by atoms with E-state index >= 15 is 0 Å². The summed E-state index contributed by atoms with van der Waals surface area (Å²) in [6, 6.07) is 13.4. The lowest BCUT2D eigenvalue weighted by Crippen LogP contribution is -2.11. The highest BCUT2D eigenvalue weighted by Crippen LogP contribution is 2.23. The molecule has 0 N–H and O–H groups in total. The van der Waals surface area contributed by atoms with E-state index in [9.17, 15) is 9.59 Å². The van der Waals surface area contributed by atoms with E-state index in [1.807, 2.05) is 6.07 Å². The van der Waals surface area contributed by atoms with Crippen LogP contribution in [0.1, 0.15) is 29.3 Å². The highest BCUT2D eigenvalue weighted by molar-refractivity contribution is 6.30. The van der Waals surface area contributed by atoms with Gasteiger partial charge in [0, 0.05) is 28.1 Å². The Balaban J connectivity index is 1.79. The van der Waals surface area contributed by atoms with Crippen molar-refractivity contribution >= 4 is 28.4 Å². The summed E-state index contributed by atoms with van der Waals surface area (Å²) in [6.45, 7) is 1.95. The Bertz CT molecular complexity index is 958. The smallest absolute Gasteiger partial charge is 0.336 e. The van der Waals surface area contributed by atoms with Gasteiger partial charge in [0.15, 0.2) is 12.4 Å². The number of halogens is 1. The second kappa shape index (κ2) is 7.53. The first-order chi connectivity index (χ1) is 12.1. The zero-order chi connectivity index (χ0) is 17.8. The number of hydrogen-bond donors (Lipinski definition) is 0. The van der Waals surface area contributed by atoms with Gasteiger partial charge in [-0.2, -0.15) is 0 Å². The predicted octanol–water partition coefficient (Wildman–Crippen LogP) is 4.66. The molecule has 3 aromatic rings. The number of Topliss-reactive ketones (excluding diaryl/α,β-unsaturated/α-hetero) is 1. The number of carbonyl (C=O) groups is 1. The molecule has 0 spiro atoms. The Hall–Kier alpha value is -2.59. The van der Waals surface area contributed by atoms with Gasteiger partial charge in [-0.15, -0.1) is 0 Å². The van der Waals surface area contributed by atoms with Gasteiger partial charge in [0.25, 0.3) is 0 Å². The number of aryl methyl sites for hydroxylation is 1. The number of benzene rings is 2. The lowest BCUT2D eigenvalue weighted by Gasteiger charge is -2.08. The van der Waals surface area contributed by atoms with E-state index in [2.05, 4.69) is 6.92 Å². The highest BCUT2D eigenvalue weighted by Gasteiger charge is 2.09. The maximum absolute atomic E-state index is 12.1. The molecule has 4 nitrogen and oxygen atoms in total.